The van der Waals surface area contributed by atoms with Gasteiger partial charge in [-0.15, -0.1) is 0 Å². The van der Waals surface area contributed by atoms with Crippen molar-refractivity contribution in [2.45, 2.75) is 71.4 Å². The fourth-order valence-corrected chi connectivity index (χ4v) is 3.52. The Balaban J connectivity index is 1.87. The molecule has 3 rings (SSSR count). The number of nitrogens with zero attached hydrogens (tertiary/aromatic N) is 3. The van der Waals surface area contributed by atoms with Crippen molar-refractivity contribution in [2.75, 3.05) is 11.9 Å². The maximum Gasteiger partial charge on any atom is 0.154 e. The average Bonchev–Trinajstić information content (AvgIpc) is 2.91. The monoisotopic (exact) mass is 330 g/mol. The van der Waals surface area contributed by atoms with Gasteiger partial charge in [-0.05, 0) is 44.6 Å². The highest BCUT2D eigenvalue weighted by Gasteiger charge is 2.21. The van der Waals surface area contributed by atoms with Crippen molar-refractivity contribution >= 4 is 16.9 Å². The molecule has 1 aliphatic rings. The van der Waals surface area contributed by atoms with Gasteiger partial charge in [-0.2, -0.15) is 0 Å². The predicted octanol–water partition coefficient (Wildman–Crippen LogP) is 3.89. The van der Waals surface area contributed by atoms with Crippen molar-refractivity contribution < 1.29 is 5.11 Å². The van der Waals surface area contributed by atoms with Gasteiger partial charge < -0.3 is 15.0 Å². The number of anilines is 1. The molecule has 132 valence electrons. The molecule has 5 heteroatoms. The van der Waals surface area contributed by atoms with E-state index in [2.05, 4.69) is 34.1 Å². The Kier molecular flexibility index (Phi) is 5.72. The summed E-state index contributed by atoms with van der Waals surface area (Å²) in [5.74, 6) is 2.52. The highest BCUT2D eigenvalue weighted by Crippen LogP contribution is 2.31. The molecule has 1 saturated carbocycles. The maximum absolute atomic E-state index is 9.38. The lowest BCUT2D eigenvalue weighted by Crippen LogP contribution is -2.23. The van der Waals surface area contributed by atoms with E-state index in [1.807, 2.05) is 6.92 Å². The highest BCUT2D eigenvalue weighted by molar-refractivity contribution is 5.86. The van der Waals surface area contributed by atoms with Crippen LogP contribution in [-0.2, 0) is 6.54 Å². The van der Waals surface area contributed by atoms with Crippen molar-refractivity contribution in [3.8, 4) is 0 Å². The Morgan fingerprint density at radius 3 is 2.83 bits per heavy atom. The van der Waals surface area contributed by atoms with Gasteiger partial charge in [-0.1, -0.05) is 26.2 Å². The standard InChI is InChI=1S/C19H30N4O/c1-3-4-8-16(10-12-24)22-19-18-17(20-14(2)21-19)9-11-23(18)13-15-6-5-7-15/h9,11,15-16,24H,3-8,10,12-13H2,1-2H3,(H,20,21,22). The molecule has 0 aromatic carbocycles. The van der Waals surface area contributed by atoms with E-state index < -0.39 is 0 Å². The molecule has 0 saturated heterocycles. The second kappa shape index (κ2) is 7.97. The zero-order chi connectivity index (χ0) is 16.9. The van der Waals surface area contributed by atoms with E-state index >= 15 is 0 Å². The fourth-order valence-electron chi connectivity index (χ4n) is 3.52. The van der Waals surface area contributed by atoms with Gasteiger partial charge in [0, 0.05) is 25.4 Å². The molecule has 0 bridgehead atoms. The molecule has 2 N–H and O–H groups in total. The van der Waals surface area contributed by atoms with Crippen LogP contribution in [0.3, 0.4) is 0 Å². The lowest BCUT2D eigenvalue weighted by molar-refractivity contribution is 0.276. The van der Waals surface area contributed by atoms with Crippen LogP contribution < -0.4 is 5.32 Å². The first-order valence-electron chi connectivity index (χ1n) is 9.42. The van der Waals surface area contributed by atoms with Gasteiger partial charge in [0.05, 0.1) is 5.52 Å². The summed E-state index contributed by atoms with van der Waals surface area (Å²) in [6, 6.07) is 2.36. The summed E-state index contributed by atoms with van der Waals surface area (Å²) in [5.41, 5.74) is 2.13. The van der Waals surface area contributed by atoms with Crippen LogP contribution in [0.2, 0.25) is 0 Å². The van der Waals surface area contributed by atoms with Crippen LogP contribution in [0.1, 0.15) is 57.7 Å². The van der Waals surface area contributed by atoms with Crippen molar-refractivity contribution in [2.24, 2.45) is 5.92 Å². The third-order valence-electron chi connectivity index (χ3n) is 5.13. The molecule has 0 spiro atoms. The van der Waals surface area contributed by atoms with Crippen LogP contribution in [0.15, 0.2) is 12.3 Å². The molecule has 2 aromatic heterocycles. The molecule has 1 fully saturated rings. The summed E-state index contributed by atoms with van der Waals surface area (Å²) in [5, 5.41) is 13.0. The largest absolute Gasteiger partial charge is 0.396 e. The number of aromatic nitrogens is 3. The number of aliphatic hydroxyl groups is 1. The highest BCUT2D eigenvalue weighted by atomic mass is 16.3. The normalized spacial score (nSPS) is 16.3. The van der Waals surface area contributed by atoms with E-state index in [-0.39, 0.29) is 12.6 Å². The van der Waals surface area contributed by atoms with Gasteiger partial charge in [0.15, 0.2) is 5.82 Å². The first-order valence-corrected chi connectivity index (χ1v) is 9.42. The minimum Gasteiger partial charge on any atom is -0.396 e. The SMILES string of the molecule is CCCCC(CCO)Nc1nc(C)nc2ccn(CC3CCC3)c12. The smallest absolute Gasteiger partial charge is 0.154 e. The lowest BCUT2D eigenvalue weighted by atomic mass is 9.85. The van der Waals surface area contributed by atoms with E-state index in [4.69, 9.17) is 4.98 Å². The van der Waals surface area contributed by atoms with E-state index in [0.29, 0.717) is 0 Å². The lowest BCUT2D eigenvalue weighted by Gasteiger charge is -2.26. The number of hydrogen-bond donors (Lipinski definition) is 2. The number of rotatable bonds is 9. The quantitative estimate of drug-likeness (QED) is 0.732. The summed E-state index contributed by atoms with van der Waals surface area (Å²) in [6.45, 7) is 5.41. The van der Waals surface area contributed by atoms with Crippen LogP contribution in [-0.4, -0.2) is 32.3 Å². The number of fused-ring (bicyclic) bond motifs is 1. The molecule has 1 aliphatic carbocycles. The molecule has 24 heavy (non-hydrogen) atoms. The van der Waals surface area contributed by atoms with Gasteiger partial charge in [0.1, 0.15) is 11.3 Å². The maximum atomic E-state index is 9.38. The molecular formula is C19H30N4O. The van der Waals surface area contributed by atoms with Crippen molar-refractivity contribution in [1.29, 1.82) is 0 Å². The first kappa shape index (κ1) is 17.2. The molecule has 0 amide bonds. The van der Waals surface area contributed by atoms with Crippen molar-refractivity contribution in [1.82, 2.24) is 14.5 Å². The van der Waals surface area contributed by atoms with Gasteiger partial charge in [0.25, 0.3) is 0 Å². The number of nitrogens with one attached hydrogen (secondary N) is 1. The molecule has 5 nitrogen and oxygen atoms in total. The van der Waals surface area contributed by atoms with E-state index in [0.717, 1.165) is 54.4 Å². The summed E-state index contributed by atoms with van der Waals surface area (Å²) in [4.78, 5) is 9.29. The molecule has 1 atom stereocenters. The van der Waals surface area contributed by atoms with Crippen LogP contribution in [0.25, 0.3) is 11.0 Å². The first-order chi connectivity index (χ1) is 11.7. The Bertz CT molecular complexity index is 663. The van der Waals surface area contributed by atoms with Crippen LogP contribution in [0.5, 0.6) is 0 Å². The second-order valence-electron chi connectivity index (χ2n) is 7.11. The third kappa shape index (κ3) is 3.89. The molecule has 2 aromatic rings. The topological polar surface area (TPSA) is 63.0 Å². The molecule has 0 radical (unpaired) electrons. The van der Waals surface area contributed by atoms with Gasteiger partial charge >= 0.3 is 0 Å². The van der Waals surface area contributed by atoms with Crippen LogP contribution >= 0.6 is 0 Å². The Labute approximate surface area is 144 Å². The Morgan fingerprint density at radius 1 is 1.33 bits per heavy atom. The van der Waals surface area contributed by atoms with E-state index in [9.17, 15) is 5.11 Å². The fraction of sp³-hybridized carbons (Fsp3) is 0.684. The zero-order valence-electron chi connectivity index (χ0n) is 15.0. The number of aryl methyl sites for hydroxylation is 1. The third-order valence-corrected chi connectivity index (χ3v) is 5.13. The van der Waals surface area contributed by atoms with Gasteiger partial charge in [0.2, 0.25) is 0 Å². The van der Waals surface area contributed by atoms with E-state index in [1.165, 1.54) is 25.7 Å². The van der Waals surface area contributed by atoms with Gasteiger partial charge in [-0.3, -0.25) is 0 Å². The molecule has 1 unspecified atom stereocenters. The summed E-state index contributed by atoms with van der Waals surface area (Å²) >= 11 is 0. The number of hydrogen-bond acceptors (Lipinski definition) is 4. The predicted molar refractivity (Wildman–Crippen MR) is 98.2 cm³/mol. The van der Waals surface area contributed by atoms with E-state index in [1.54, 1.807) is 0 Å². The summed E-state index contributed by atoms with van der Waals surface area (Å²) < 4.78 is 2.32. The second-order valence-corrected chi connectivity index (χ2v) is 7.11. The molecule has 0 aliphatic heterocycles. The summed E-state index contributed by atoms with van der Waals surface area (Å²) in [7, 11) is 0. The minimum absolute atomic E-state index is 0.206. The number of unbranched alkanes of at least 4 members (excludes halogenated alkanes) is 1. The van der Waals surface area contributed by atoms with Crippen LogP contribution in [0, 0.1) is 12.8 Å². The minimum atomic E-state index is 0.206. The average molecular weight is 330 g/mol. The number of aliphatic hydroxyl groups excluding tert-OH is 1. The van der Waals surface area contributed by atoms with Crippen LogP contribution in [0.4, 0.5) is 5.82 Å². The Morgan fingerprint density at radius 2 is 2.17 bits per heavy atom. The van der Waals surface area contributed by atoms with Crippen molar-refractivity contribution in [3.63, 3.8) is 0 Å². The molecular weight excluding hydrogens is 300 g/mol. The van der Waals surface area contributed by atoms with Gasteiger partial charge in [-0.25, -0.2) is 9.97 Å². The molecule has 2 heterocycles. The zero-order valence-corrected chi connectivity index (χ0v) is 15.0. The Hall–Kier alpha value is -1.62. The summed E-state index contributed by atoms with van der Waals surface area (Å²) in [6.07, 6.45) is 10.3. The van der Waals surface area contributed by atoms with Crippen molar-refractivity contribution in [3.05, 3.63) is 18.1 Å².